The summed E-state index contributed by atoms with van der Waals surface area (Å²) in [6.07, 6.45) is 1.76. The number of thioether (sulfide) groups is 1. The lowest BCUT2D eigenvalue weighted by molar-refractivity contribution is 0.0293. The molecule has 0 unspecified atom stereocenters. The Morgan fingerprint density at radius 2 is 2.07 bits per heavy atom. The van der Waals surface area contributed by atoms with Crippen molar-refractivity contribution in [2.45, 2.75) is 37.7 Å². The molecule has 1 saturated heterocycles. The van der Waals surface area contributed by atoms with E-state index in [1.807, 2.05) is 27.0 Å². The molecule has 0 aliphatic carbocycles. The molecule has 1 rings (SSSR count). The third kappa shape index (κ3) is 3.57. The lowest BCUT2D eigenvalue weighted by atomic mass is 10.2. The molecule has 0 radical (unpaired) electrons. The highest BCUT2D eigenvalue weighted by Gasteiger charge is 2.34. The molecule has 0 aromatic carbocycles. The number of carbonyl (C=O) groups is 1. The lowest BCUT2D eigenvalue weighted by Crippen LogP contribution is -2.36. The van der Waals surface area contributed by atoms with E-state index in [0.717, 1.165) is 0 Å². The molecular formula is C10H20N2O2S. The van der Waals surface area contributed by atoms with Gasteiger partial charge in [-0.15, -0.1) is 0 Å². The van der Waals surface area contributed by atoms with Gasteiger partial charge in [0.1, 0.15) is 5.60 Å². The van der Waals surface area contributed by atoms with Crippen LogP contribution in [0, 0.1) is 0 Å². The van der Waals surface area contributed by atoms with E-state index in [-0.39, 0.29) is 12.1 Å². The highest BCUT2D eigenvalue weighted by Crippen LogP contribution is 2.21. The van der Waals surface area contributed by atoms with E-state index >= 15 is 0 Å². The van der Waals surface area contributed by atoms with Crippen molar-refractivity contribution >= 4 is 17.9 Å². The summed E-state index contributed by atoms with van der Waals surface area (Å²) in [6, 6.07) is 0.0625. The first kappa shape index (κ1) is 12.6. The van der Waals surface area contributed by atoms with E-state index in [2.05, 4.69) is 0 Å². The minimum atomic E-state index is -0.432. The third-order valence-electron chi connectivity index (χ3n) is 2.26. The molecule has 0 aromatic rings. The molecular weight excluding hydrogens is 212 g/mol. The fourth-order valence-corrected chi connectivity index (χ4v) is 2.29. The van der Waals surface area contributed by atoms with Crippen LogP contribution in [0.3, 0.4) is 0 Å². The Labute approximate surface area is 95.5 Å². The molecule has 1 aliphatic heterocycles. The van der Waals surface area contributed by atoms with Crippen molar-refractivity contribution in [2.75, 3.05) is 19.3 Å². The molecule has 2 N–H and O–H groups in total. The predicted molar refractivity (Wildman–Crippen MR) is 63.1 cm³/mol. The second-order valence-electron chi connectivity index (χ2n) is 4.82. The first-order chi connectivity index (χ1) is 6.83. The van der Waals surface area contributed by atoms with Crippen LogP contribution in [0.2, 0.25) is 0 Å². The maximum absolute atomic E-state index is 11.7. The molecule has 0 spiro atoms. The Hall–Kier alpha value is -0.420. The van der Waals surface area contributed by atoms with Gasteiger partial charge in [-0.05, 0) is 27.0 Å². The van der Waals surface area contributed by atoms with Crippen molar-refractivity contribution < 1.29 is 9.53 Å². The Bertz CT molecular complexity index is 240. The van der Waals surface area contributed by atoms with Crippen molar-refractivity contribution in [3.05, 3.63) is 0 Å². The van der Waals surface area contributed by atoms with Gasteiger partial charge >= 0.3 is 6.09 Å². The van der Waals surface area contributed by atoms with Crippen molar-refractivity contribution in [3.8, 4) is 0 Å². The Morgan fingerprint density at radius 1 is 1.47 bits per heavy atom. The van der Waals surface area contributed by atoms with Crippen LogP contribution in [-0.4, -0.2) is 47.2 Å². The standard InChI is InChI=1S/C10H20N2O2S/c1-10(2,3)14-9(13)12-5-7(11)8(6-12)15-4/h7-8H,5-6,11H2,1-4H3/t7-,8-/m1/s1. The van der Waals surface area contributed by atoms with Gasteiger partial charge in [-0.2, -0.15) is 11.8 Å². The van der Waals surface area contributed by atoms with Gasteiger partial charge in [0.05, 0.1) is 0 Å². The highest BCUT2D eigenvalue weighted by molar-refractivity contribution is 7.99. The molecule has 15 heavy (non-hydrogen) atoms. The zero-order valence-electron chi connectivity index (χ0n) is 9.82. The summed E-state index contributed by atoms with van der Waals surface area (Å²) in [5, 5.41) is 0.331. The number of carbonyl (C=O) groups excluding carboxylic acids is 1. The smallest absolute Gasteiger partial charge is 0.410 e. The summed E-state index contributed by atoms with van der Waals surface area (Å²) in [4.78, 5) is 13.4. The van der Waals surface area contributed by atoms with Crippen LogP contribution in [0.5, 0.6) is 0 Å². The average molecular weight is 232 g/mol. The SMILES string of the molecule is CS[C@@H]1CN(C(=O)OC(C)(C)C)C[C@H]1N. The molecule has 0 aromatic heterocycles. The van der Waals surface area contributed by atoms with Crippen LogP contribution in [0.25, 0.3) is 0 Å². The number of likely N-dealkylation sites (tertiary alicyclic amines) is 1. The normalized spacial score (nSPS) is 26.9. The Kier molecular flexibility index (Phi) is 3.89. The molecule has 0 saturated carbocycles. The van der Waals surface area contributed by atoms with Crippen LogP contribution in [-0.2, 0) is 4.74 Å². The minimum Gasteiger partial charge on any atom is -0.444 e. The molecule has 0 bridgehead atoms. The number of nitrogens with two attached hydrogens (primary N) is 1. The summed E-state index contributed by atoms with van der Waals surface area (Å²) >= 11 is 1.71. The quantitative estimate of drug-likeness (QED) is 0.740. The summed E-state index contributed by atoms with van der Waals surface area (Å²) < 4.78 is 5.28. The fourth-order valence-electron chi connectivity index (χ4n) is 1.52. The second-order valence-corrected chi connectivity index (χ2v) is 5.90. The van der Waals surface area contributed by atoms with Gasteiger partial charge in [0.15, 0.2) is 0 Å². The van der Waals surface area contributed by atoms with Gasteiger partial charge in [-0.25, -0.2) is 4.79 Å². The van der Waals surface area contributed by atoms with Crippen molar-refractivity contribution in [3.63, 3.8) is 0 Å². The molecule has 2 atom stereocenters. The number of amides is 1. The summed E-state index contributed by atoms with van der Waals surface area (Å²) in [5.41, 5.74) is 5.48. The van der Waals surface area contributed by atoms with Crippen LogP contribution in [0.15, 0.2) is 0 Å². The number of nitrogens with zero attached hydrogens (tertiary/aromatic N) is 1. The minimum absolute atomic E-state index is 0.0625. The van der Waals surface area contributed by atoms with Crippen LogP contribution >= 0.6 is 11.8 Å². The monoisotopic (exact) mass is 232 g/mol. The lowest BCUT2D eigenvalue weighted by Gasteiger charge is -2.24. The van der Waals surface area contributed by atoms with Crippen LogP contribution in [0.1, 0.15) is 20.8 Å². The maximum atomic E-state index is 11.7. The summed E-state index contributed by atoms with van der Waals surface area (Å²) in [6.45, 7) is 6.89. The number of ether oxygens (including phenoxy) is 1. The van der Waals surface area contributed by atoms with E-state index < -0.39 is 5.60 Å². The molecule has 1 fully saturated rings. The first-order valence-electron chi connectivity index (χ1n) is 5.10. The van der Waals surface area contributed by atoms with E-state index in [9.17, 15) is 4.79 Å². The fraction of sp³-hybridized carbons (Fsp3) is 0.900. The van der Waals surface area contributed by atoms with E-state index in [1.54, 1.807) is 16.7 Å². The van der Waals surface area contributed by atoms with E-state index in [4.69, 9.17) is 10.5 Å². The van der Waals surface area contributed by atoms with Crippen LogP contribution in [0.4, 0.5) is 4.79 Å². The highest BCUT2D eigenvalue weighted by atomic mass is 32.2. The third-order valence-corrected chi connectivity index (χ3v) is 3.37. The molecule has 88 valence electrons. The largest absolute Gasteiger partial charge is 0.444 e. The van der Waals surface area contributed by atoms with E-state index in [0.29, 0.717) is 18.3 Å². The van der Waals surface area contributed by atoms with Crippen molar-refractivity contribution in [2.24, 2.45) is 5.73 Å². The van der Waals surface area contributed by atoms with Crippen molar-refractivity contribution in [1.82, 2.24) is 4.90 Å². The maximum Gasteiger partial charge on any atom is 0.410 e. The Balaban J connectivity index is 2.50. The number of hydrogen-bond acceptors (Lipinski definition) is 4. The van der Waals surface area contributed by atoms with Gasteiger partial charge < -0.3 is 15.4 Å². The van der Waals surface area contributed by atoms with Gasteiger partial charge in [-0.1, -0.05) is 0 Å². The van der Waals surface area contributed by atoms with Gasteiger partial charge in [0, 0.05) is 24.4 Å². The molecule has 4 nitrogen and oxygen atoms in total. The zero-order chi connectivity index (χ0) is 11.6. The number of rotatable bonds is 1. The summed E-state index contributed by atoms with van der Waals surface area (Å²) in [7, 11) is 0. The molecule has 1 amide bonds. The first-order valence-corrected chi connectivity index (χ1v) is 6.38. The van der Waals surface area contributed by atoms with Crippen LogP contribution < -0.4 is 5.73 Å². The zero-order valence-corrected chi connectivity index (χ0v) is 10.6. The molecule has 1 aliphatic rings. The molecule has 5 heteroatoms. The second kappa shape index (κ2) is 4.61. The van der Waals surface area contributed by atoms with Gasteiger partial charge in [-0.3, -0.25) is 0 Å². The van der Waals surface area contributed by atoms with E-state index in [1.165, 1.54) is 0 Å². The Morgan fingerprint density at radius 3 is 2.47 bits per heavy atom. The topological polar surface area (TPSA) is 55.6 Å². The average Bonchev–Trinajstić information content (AvgIpc) is 2.43. The number of hydrogen-bond donors (Lipinski definition) is 1. The van der Waals surface area contributed by atoms with Gasteiger partial charge in [0.25, 0.3) is 0 Å². The van der Waals surface area contributed by atoms with Gasteiger partial charge in [0.2, 0.25) is 0 Å². The summed E-state index contributed by atoms with van der Waals surface area (Å²) in [5.74, 6) is 0. The molecule has 1 heterocycles. The van der Waals surface area contributed by atoms with Crippen molar-refractivity contribution in [1.29, 1.82) is 0 Å². The predicted octanol–water partition coefficient (Wildman–Crippen LogP) is 1.30.